The van der Waals surface area contributed by atoms with Crippen LogP contribution in [0, 0.1) is 0 Å². The van der Waals surface area contributed by atoms with E-state index in [1.165, 1.54) is 5.56 Å². The second-order valence-corrected chi connectivity index (χ2v) is 5.27. The number of hydrogen-bond acceptors (Lipinski definition) is 2. The molecule has 106 valence electrons. The molecule has 0 saturated heterocycles. The van der Waals surface area contributed by atoms with E-state index in [2.05, 4.69) is 19.2 Å². The Balaban J connectivity index is 2.51. The molecule has 1 aromatic rings. The predicted molar refractivity (Wildman–Crippen MR) is 78.5 cm³/mol. The average Bonchev–Trinajstić information content (AvgIpc) is 2.36. The van der Waals surface area contributed by atoms with E-state index in [0.717, 1.165) is 5.69 Å². The van der Waals surface area contributed by atoms with Gasteiger partial charge in [0.25, 0.3) is 0 Å². The maximum atomic E-state index is 11.9. The van der Waals surface area contributed by atoms with Crippen LogP contribution >= 0.6 is 0 Å². The summed E-state index contributed by atoms with van der Waals surface area (Å²) in [4.78, 5) is 13.4. The Morgan fingerprint density at radius 2 is 1.84 bits per heavy atom. The Labute approximate surface area is 115 Å². The first-order chi connectivity index (χ1) is 8.90. The third-order valence-electron chi connectivity index (χ3n) is 3.06. The lowest BCUT2D eigenvalue weighted by Gasteiger charge is -2.19. The van der Waals surface area contributed by atoms with Crippen molar-refractivity contribution < 1.29 is 9.90 Å². The van der Waals surface area contributed by atoms with Crippen LogP contribution in [0.3, 0.4) is 0 Å². The molecule has 0 saturated carbocycles. The fourth-order valence-electron chi connectivity index (χ4n) is 1.65. The van der Waals surface area contributed by atoms with Crippen LogP contribution in [0.2, 0.25) is 0 Å². The molecule has 0 aliphatic heterocycles. The number of amides is 2. The largest absolute Gasteiger partial charge is 0.393 e. The second-order valence-electron chi connectivity index (χ2n) is 5.27. The molecule has 0 heterocycles. The van der Waals surface area contributed by atoms with E-state index in [0.29, 0.717) is 18.9 Å². The van der Waals surface area contributed by atoms with E-state index >= 15 is 0 Å². The summed E-state index contributed by atoms with van der Waals surface area (Å²) in [5, 5.41) is 12.0. The number of rotatable bonds is 5. The molecule has 0 bridgehead atoms. The van der Waals surface area contributed by atoms with Crippen molar-refractivity contribution in [1.29, 1.82) is 0 Å². The number of hydrogen-bond donors (Lipinski definition) is 2. The number of carbonyl (C=O) groups excluding carboxylic acids is 1. The third-order valence-corrected chi connectivity index (χ3v) is 3.06. The standard InChI is InChI=1S/C15H24N2O2/c1-11(2)13-5-7-14(8-6-13)16-15(19)17(4)10-9-12(3)18/h5-8,11-12,18H,9-10H2,1-4H3,(H,16,19). The van der Waals surface area contributed by atoms with Gasteiger partial charge < -0.3 is 15.3 Å². The summed E-state index contributed by atoms with van der Waals surface area (Å²) in [6.45, 7) is 6.53. The topological polar surface area (TPSA) is 52.6 Å². The minimum absolute atomic E-state index is 0.155. The van der Waals surface area contributed by atoms with Crippen LogP contribution in [0.5, 0.6) is 0 Å². The summed E-state index contributed by atoms with van der Waals surface area (Å²) >= 11 is 0. The maximum Gasteiger partial charge on any atom is 0.321 e. The Bertz CT molecular complexity index is 399. The van der Waals surface area contributed by atoms with Crippen LogP contribution in [0.25, 0.3) is 0 Å². The zero-order valence-corrected chi connectivity index (χ0v) is 12.2. The number of aliphatic hydroxyl groups excluding tert-OH is 1. The Hall–Kier alpha value is -1.55. The molecule has 0 aliphatic carbocycles. The van der Waals surface area contributed by atoms with Crippen LogP contribution < -0.4 is 5.32 Å². The van der Waals surface area contributed by atoms with Gasteiger partial charge in [-0.25, -0.2) is 4.79 Å². The molecule has 2 N–H and O–H groups in total. The van der Waals surface area contributed by atoms with Crippen molar-refractivity contribution in [3.8, 4) is 0 Å². The van der Waals surface area contributed by atoms with Gasteiger partial charge in [0.05, 0.1) is 6.10 Å². The van der Waals surface area contributed by atoms with Crippen LogP contribution in [0.15, 0.2) is 24.3 Å². The zero-order valence-electron chi connectivity index (χ0n) is 12.2. The summed E-state index contributed by atoms with van der Waals surface area (Å²) in [6.07, 6.45) is 0.191. The predicted octanol–water partition coefficient (Wildman–Crippen LogP) is 3.04. The molecule has 1 rings (SSSR count). The molecule has 0 radical (unpaired) electrons. The summed E-state index contributed by atoms with van der Waals surface area (Å²) < 4.78 is 0. The van der Waals surface area contributed by atoms with Crippen LogP contribution in [-0.2, 0) is 0 Å². The van der Waals surface area contributed by atoms with E-state index in [9.17, 15) is 9.90 Å². The van der Waals surface area contributed by atoms with E-state index < -0.39 is 0 Å². The molecule has 2 amide bonds. The molecule has 4 heteroatoms. The van der Waals surface area contributed by atoms with Gasteiger partial charge in [-0.1, -0.05) is 26.0 Å². The number of aliphatic hydroxyl groups is 1. The molecule has 19 heavy (non-hydrogen) atoms. The highest BCUT2D eigenvalue weighted by molar-refractivity contribution is 5.89. The van der Waals surface area contributed by atoms with Gasteiger partial charge in [-0.3, -0.25) is 0 Å². The number of urea groups is 1. The third kappa shape index (κ3) is 5.30. The van der Waals surface area contributed by atoms with Crippen LogP contribution in [0.1, 0.15) is 38.7 Å². The van der Waals surface area contributed by atoms with Crippen molar-refractivity contribution >= 4 is 11.7 Å². The molecular weight excluding hydrogens is 240 g/mol. The van der Waals surface area contributed by atoms with E-state index in [1.54, 1.807) is 18.9 Å². The van der Waals surface area contributed by atoms with Gasteiger partial charge >= 0.3 is 6.03 Å². The molecule has 0 fully saturated rings. The minimum atomic E-state index is -0.388. The number of benzene rings is 1. The summed E-state index contributed by atoms with van der Waals surface area (Å²) in [5.41, 5.74) is 2.04. The monoisotopic (exact) mass is 264 g/mol. The van der Waals surface area contributed by atoms with E-state index in [1.807, 2.05) is 24.3 Å². The van der Waals surface area contributed by atoms with Crippen molar-refractivity contribution in [2.75, 3.05) is 18.9 Å². The molecule has 0 aromatic heterocycles. The zero-order chi connectivity index (χ0) is 14.4. The van der Waals surface area contributed by atoms with Crippen LogP contribution in [-0.4, -0.2) is 35.7 Å². The summed E-state index contributed by atoms with van der Waals surface area (Å²) in [7, 11) is 1.72. The Kier molecular flexibility index (Phi) is 5.83. The molecular formula is C15H24N2O2. The molecule has 0 spiro atoms. The number of nitrogens with zero attached hydrogens (tertiary/aromatic N) is 1. The van der Waals surface area contributed by atoms with Gasteiger partial charge in [0.2, 0.25) is 0 Å². The maximum absolute atomic E-state index is 11.9. The van der Waals surface area contributed by atoms with Gasteiger partial charge in [0, 0.05) is 19.3 Å². The highest BCUT2D eigenvalue weighted by Crippen LogP contribution is 2.17. The van der Waals surface area contributed by atoms with Gasteiger partial charge in [0.1, 0.15) is 0 Å². The fraction of sp³-hybridized carbons (Fsp3) is 0.533. The Morgan fingerprint density at radius 1 is 1.26 bits per heavy atom. The lowest BCUT2D eigenvalue weighted by atomic mass is 10.0. The van der Waals surface area contributed by atoms with E-state index in [4.69, 9.17) is 0 Å². The lowest BCUT2D eigenvalue weighted by molar-refractivity contribution is 0.167. The van der Waals surface area contributed by atoms with Gasteiger partial charge in [-0.2, -0.15) is 0 Å². The van der Waals surface area contributed by atoms with Gasteiger partial charge in [0.15, 0.2) is 0 Å². The number of anilines is 1. The molecule has 1 unspecified atom stereocenters. The highest BCUT2D eigenvalue weighted by Gasteiger charge is 2.09. The molecule has 4 nitrogen and oxygen atoms in total. The first-order valence-electron chi connectivity index (χ1n) is 6.70. The Morgan fingerprint density at radius 3 is 2.32 bits per heavy atom. The normalized spacial score (nSPS) is 12.3. The fourth-order valence-corrected chi connectivity index (χ4v) is 1.65. The van der Waals surface area contributed by atoms with E-state index in [-0.39, 0.29) is 12.1 Å². The quantitative estimate of drug-likeness (QED) is 0.858. The smallest absolute Gasteiger partial charge is 0.321 e. The molecule has 0 aliphatic rings. The second kappa shape index (κ2) is 7.14. The minimum Gasteiger partial charge on any atom is -0.393 e. The summed E-state index contributed by atoms with van der Waals surface area (Å²) in [5.74, 6) is 0.485. The average molecular weight is 264 g/mol. The van der Waals surface area contributed by atoms with Crippen molar-refractivity contribution in [2.45, 2.75) is 39.2 Å². The van der Waals surface area contributed by atoms with Gasteiger partial charge in [-0.05, 0) is 37.0 Å². The SMILES string of the molecule is CC(O)CCN(C)C(=O)Nc1ccc(C(C)C)cc1. The van der Waals surface area contributed by atoms with Crippen LogP contribution in [0.4, 0.5) is 10.5 Å². The van der Waals surface area contributed by atoms with Gasteiger partial charge in [-0.15, -0.1) is 0 Å². The lowest BCUT2D eigenvalue weighted by Crippen LogP contribution is -2.33. The first kappa shape index (κ1) is 15.5. The molecule has 1 atom stereocenters. The number of nitrogens with one attached hydrogen (secondary N) is 1. The summed E-state index contributed by atoms with van der Waals surface area (Å²) in [6, 6.07) is 7.72. The highest BCUT2D eigenvalue weighted by atomic mass is 16.3. The first-order valence-corrected chi connectivity index (χ1v) is 6.70. The number of carbonyl (C=O) groups is 1. The van der Waals surface area contributed by atoms with Crippen molar-refractivity contribution in [1.82, 2.24) is 4.90 Å². The van der Waals surface area contributed by atoms with Crippen molar-refractivity contribution in [2.24, 2.45) is 0 Å². The van der Waals surface area contributed by atoms with Crippen molar-refractivity contribution in [3.05, 3.63) is 29.8 Å². The van der Waals surface area contributed by atoms with Crippen molar-refractivity contribution in [3.63, 3.8) is 0 Å². The molecule has 1 aromatic carbocycles.